The first kappa shape index (κ1) is 13.2. The number of hydrogen-bond donors (Lipinski definition) is 1. The van der Waals surface area contributed by atoms with Gasteiger partial charge in [0.25, 0.3) is 0 Å². The van der Waals surface area contributed by atoms with E-state index in [-0.39, 0.29) is 0 Å². The van der Waals surface area contributed by atoms with Crippen molar-refractivity contribution < 1.29 is 4.74 Å². The van der Waals surface area contributed by atoms with Gasteiger partial charge in [0.1, 0.15) is 0 Å². The molecular weight excluding hydrogens is 198 g/mol. The Labute approximate surface area is 99.0 Å². The highest BCUT2D eigenvalue weighted by atomic mass is 16.5. The molecule has 0 amide bonds. The molecule has 0 aliphatic rings. The van der Waals surface area contributed by atoms with Crippen LogP contribution in [0.3, 0.4) is 0 Å². The van der Waals surface area contributed by atoms with E-state index >= 15 is 0 Å². The predicted octanol–water partition coefficient (Wildman–Crippen LogP) is 2.55. The monoisotopic (exact) mass is 221 g/mol. The number of benzene rings is 1. The van der Waals surface area contributed by atoms with Crippen molar-refractivity contribution in [2.24, 2.45) is 0 Å². The molecule has 0 aliphatic heterocycles. The molecule has 0 aromatic heterocycles. The van der Waals surface area contributed by atoms with Crippen molar-refractivity contribution in [3.05, 3.63) is 35.4 Å². The van der Waals surface area contributed by atoms with Gasteiger partial charge in [-0.05, 0) is 31.9 Å². The van der Waals surface area contributed by atoms with Gasteiger partial charge >= 0.3 is 0 Å². The topological polar surface area (TPSA) is 21.3 Å². The number of rotatable bonds is 7. The average Bonchev–Trinajstić information content (AvgIpc) is 2.26. The fourth-order valence-electron chi connectivity index (χ4n) is 1.95. The molecule has 1 N–H and O–H groups in total. The van der Waals surface area contributed by atoms with Crippen LogP contribution in [0.25, 0.3) is 0 Å². The van der Waals surface area contributed by atoms with E-state index in [1.54, 1.807) is 7.11 Å². The quantitative estimate of drug-likeness (QED) is 0.764. The Morgan fingerprint density at radius 3 is 2.81 bits per heavy atom. The summed E-state index contributed by atoms with van der Waals surface area (Å²) in [5.74, 6) is 0. The summed E-state index contributed by atoms with van der Waals surface area (Å²) in [4.78, 5) is 0. The van der Waals surface area contributed by atoms with Gasteiger partial charge in [-0.15, -0.1) is 0 Å². The Morgan fingerprint density at radius 2 is 2.19 bits per heavy atom. The zero-order valence-electron chi connectivity index (χ0n) is 10.6. The summed E-state index contributed by atoms with van der Waals surface area (Å²) in [6.07, 6.45) is 2.15. The lowest BCUT2D eigenvalue weighted by molar-refractivity contribution is 0.183. The second-order valence-electron chi connectivity index (χ2n) is 4.23. The van der Waals surface area contributed by atoms with Crippen molar-refractivity contribution in [3.63, 3.8) is 0 Å². The van der Waals surface area contributed by atoms with E-state index in [0.717, 1.165) is 26.0 Å². The summed E-state index contributed by atoms with van der Waals surface area (Å²) in [5.41, 5.74) is 2.74. The molecule has 0 aliphatic carbocycles. The average molecular weight is 221 g/mol. The van der Waals surface area contributed by atoms with Crippen LogP contribution < -0.4 is 5.32 Å². The lowest BCUT2D eigenvalue weighted by Gasteiger charge is -2.17. The number of methoxy groups -OCH3 is 1. The maximum absolute atomic E-state index is 5.14. The summed E-state index contributed by atoms with van der Waals surface area (Å²) in [7, 11) is 1.76. The van der Waals surface area contributed by atoms with Gasteiger partial charge in [0.15, 0.2) is 0 Å². The normalized spacial score (nSPS) is 12.7. The zero-order valence-corrected chi connectivity index (χ0v) is 10.6. The molecule has 0 saturated heterocycles. The highest BCUT2D eigenvalue weighted by molar-refractivity contribution is 5.22. The van der Waals surface area contributed by atoms with E-state index in [9.17, 15) is 0 Å². The Balaban J connectivity index is 2.52. The molecule has 0 fully saturated rings. The minimum Gasteiger partial charge on any atom is -0.385 e. The number of ether oxygens (including phenoxy) is 1. The van der Waals surface area contributed by atoms with E-state index in [1.165, 1.54) is 11.1 Å². The summed E-state index contributed by atoms with van der Waals surface area (Å²) < 4.78 is 5.14. The van der Waals surface area contributed by atoms with Gasteiger partial charge < -0.3 is 10.1 Å². The SMILES string of the molecule is CCNC(CCOC)Cc1cccc(C)c1. The molecule has 90 valence electrons. The Hall–Kier alpha value is -0.860. The summed E-state index contributed by atoms with van der Waals surface area (Å²) >= 11 is 0. The second kappa shape index (κ2) is 7.42. The molecule has 0 radical (unpaired) electrons. The molecule has 1 atom stereocenters. The lowest BCUT2D eigenvalue weighted by Crippen LogP contribution is -2.32. The van der Waals surface area contributed by atoms with Crippen molar-refractivity contribution in [1.82, 2.24) is 5.32 Å². The van der Waals surface area contributed by atoms with Crippen LogP contribution in [0, 0.1) is 6.92 Å². The van der Waals surface area contributed by atoms with Crippen molar-refractivity contribution in [2.75, 3.05) is 20.3 Å². The lowest BCUT2D eigenvalue weighted by atomic mass is 10.0. The number of likely N-dealkylation sites (N-methyl/N-ethyl adjacent to an activating group) is 1. The predicted molar refractivity (Wildman–Crippen MR) is 68.8 cm³/mol. The highest BCUT2D eigenvalue weighted by Crippen LogP contribution is 2.08. The van der Waals surface area contributed by atoms with E-state index < -0.39 is 0 Å². The molecule has 0 spiro atoms. The van der Waals surface area contributed by atoms with Crippen molar-refractivity contribution >= 4 is 0 Å². The van der Waals surface area contributed by atoms with Crippen LogP contribution in [0.15, 0.2) is 24.3 Å². The largest absolute Gasteiger partial charge is 0.385 e. The van der Waals surface area contributed by atoms with Crippen LogP contribution in [0.2, 0.25) is 0 Å². The van der Waals surface area contributed by atoms with Crippen LogP contribution in [-0.4, -0.2) is 26.3 Å². The van der Waals surface area contributed by atoms with Gasteiger partial charge in [0, 0.05) is 19.8 Å². The van der Waals surface area contributed by atoms with Crippen molar-refractivity contribution in [2.45, 2.75) is 32.7 Å². The minimum absolute atomic E-state index is 0.520. The van der Waals surface area contributed by atoms with Gasteiger partial charge in [-0.1, -0.05) is 36.8 Å². The number of nitrogens with one attached hydrogen (secondary N) is 1. The molecule has 1 rings (SSSR count). The molecular formula is C14H23NO. The van der Waals surface area contributed by atoms with Gasteiger partial charge in [0.2, 0.25) is 0 Å². The molecule has 0 heterocycles. The standard InChI is InChI=1S/C14H23NO/c1-4-15-14(8-9-16-3)11-13-7-5-6-12(2)10-13/h5-7,10,14-15H,4,8-9,11H2,1-3H3. The first-order valence-electron chi connectivity index (χ1n) is 6.04. The first-order chi connectivity index (χ1) is 7.76. The fraction of sp³-hybridized carbons (Fsp3) is 0.571. The number of aryl methyl sites for hydroxylation is 1. The van der Waals surface area contributed by atoms with Crippen LogP contribution in [-0.2, 0) is 11.2 Å². The Morgan fingerprint density at radius 1 is 1.38 bits per heavy atom. The smallest absolute Gasteiger partial charge is 0.0477 e. The Kier molecular flexibility index (Phi) is 6.12. The number of hydrogen-bond acceptors (Lipinski definition) is 2. The fourth-order valence-corrected chi connectivity index (χ4v) is 1.95. The van der Waals surface area contributed by atoms with E-state index in [4.69, 9.17) is 4.74 Å². The Bertz CT molecular complexity index is 299. The van der Waals surface area contributed by atoms with Crippen molar-refractivity contribution in [1.29, 1.82) is 0 Å². The van der Waals surface area contributed by atoms with E-state index in [2.05, 4.69) is 43.4 Å². The van der Waals surface area contributed by atoms with Crippen LogP contribution >= 0.6 is 0 Å². The summed E-state index contributed by atoms with van der Waals surface area (Å²) in [6, 6.07) is 9.25. The zero-order chi connectivity index (χ0) is 11.8. The third-order valence-electron chi connectivity index (χ3n) is 2.73. The second-order valence-corrected chi connectivity index (χ2v) is 4.23. The van der Waals surface area contributed by atoms with Gasteiger partial charge in [-0.2, -0.15) is 0 Å². The van der Waals surface area contributed by atoms with E-state index in [1.807, 2.05) is 0 Å². The highest BCUT2D eigenvalue weighted by Gasteiger charge is 2.07. The third kappa shape index (κ3) is 4.77. The first-order valence-corrected chi connectivity index (χ1v) is 6.04. The third-order valence-corrected chi connectivity index (χ3v) is 2.73. The van der Waals surface area contributed by atoms with Gasteiger partial charge in [-0.3, -0.25) is 0 Å². The van der Waals surface area contributed by atoms with Crippen LogP contribution in [0.1, 0.15) is 24.5 Å². The summed E-state index contributed by atoms with van der Waals surface area (Å²) in [5, 5.41) is 3.51. The molecule has 2 nitrogen and oxygen atoms in total. The molecule has 0 saturated carbocycles. The maximum atomic E-state index is 5.14. The molecule has 1 unspecified atom stereocenters. The van der Waals surface area contributed by atoms with Gasteiger partial charge in [0.05, 0.1) is 0 Å². The summed E-state index contributed by atoms with van der Waals surface area (Å²) in [6.45, 7) is 6.13. The maximum Gasteiger partial charge on any atom is 0.0477 e. The van der Waals surface area contributed by atoms with Crippen molar-refractivity contribution in [3.8, 4) is 0 Å². The molecule has 2 heteroatoms. The molecule has 0 bridgehead atoms. The molecule has 1 aromatic carbocycles. The van der Waals surface area contributed by atoms with Crippen LogP contribution in [0.4, 0.5) is 0 Å². The molecule has 1 aromatic rings. The van der Waals surface area contributed by atoms with Gasteiger partial charge in [-0.25, -0.2) is 0 Å². The van der Waals surface area contributed by atoms with Crippen LogP contribution in [0.5, 0.6) is 0 Å². The van der Waals surface area contributed by atoms with E-state index in [0.29, 0.717) is 6.04 Å². The molecule has 16 heavy (non-hydrogen) atoms. The minimum atomic E-state index is 0.520.